The van der Waals surface area contributed by atoms with Crippen LogP contribution >= 0.6 is 26.1 Å². The molecule has 0 spiro atoms. The van der Waals surface area contributed by atoms with Gasteiger partial charge in [-0.05, 0) is 12.2 Å². The van der Waals surface area contributed by atoms with Gasteiger partial charge in [-0.3, -0.25) is 0 Å². The fraction of sp³-hybridized carbons (Fsp3) is 1.00. The van der Waals surface area contributed by atoms with Crippen LogP contribution in [0.1, 0.15) is 13.3 Å². The molecule has 0 aromatic rings. The van der Waals surface area contributed by atoms with Crippen molar-refractivity contribution in [1.82, 2.24) is 0 Å². The summed E-state index contributed by atoms with van der Waals surface area (Å²) in [4.78, 5) is 0. The van der Waals surface area contributed by atoms with Crippen molar-refractivity contribution in [3.05, 3.63) is 0 Å². The Balaban J connectivity index is 0. The Morgan fingerprint density at radius 1 is 1.60 bits per heavy atom. The van der Waals surface area contributed by atoms with Crippen LogP contribution in [-0.4, -0.2) is 5.75 Å². The summed E-state index contributed by atoms with van der Waals surface area (Å²) in [7, 11) is 0. The van der Waals surface area contributed by atoms with E-state index in [1.54, 1.807) is 0 Å². The quantitative estimate of drug-likeness (QED) is 0.488. The molecule has 0 aliphatic heterocycles. The first kappa shape index (κ1) is 9.20. The van der Waals surface area contributed by atoms with E-state index < -0.39 is 0 Å². The van der Waals surface area contributed by atoms with Gasteiger partial charge in [0.25, 0.3) is 0 Å². The molecule has 0 fully saturated rings. The summed E-state index contributed by atoms with van der Waals surface area (Å²) in [6, 6.07) is 0. The summed E-state index contributed by atoms with van der Waals surface area (Å²) in [6.45, 7) is 2.10. The minimum atomic E-state index is 0. The lowest BCUT2D eigenvalue weighted by molar-refractivity contribution is 1.11. The molecule has 0 aliphatic carbocycles. The van der Waals surface area contributed by atoms with Gasteiger partial charge in [0.1, 0.15) is 0 Å². The maximum atomic E-state index is 3.92. The van der Waals surface area contributed by atoms with Crippen molar-refractivity contribution in [1.29, 1.82) is 0 Å². The van der Waals surface area contributed by atoms with Gasteiger partial charge in [-0.25, -0.2) is 0 Å². The summed E-state index contributed by atoms with van der Waals surface area (Å²) < 4.78 is 0. The zero-order chi connectivity index (χ0) is 3.41. The van der Waals surface area contributed by atoms with Crippen molar-refractivity contribution in [2.24, 2.45) is 0 Å². The molecule has 0 saturated carbocycles. The van der Waals surface area contributed by atoms with E-state index in [0.29, 0.717) is 0 Å². The van der Waals surface area contributed by atoms with Crippen molar-refractivity contribution in [3.63, 3.8) is 0 Å². The second-order valence-corrected chi connectivity index (χ2v) is 1.17. The van der Waals surface area contributed by atoms with Crippen LogP contribution in [0.3, 0.4) is 0 Å². The molecular formula is C3H8S2. The minimum absolute atomic E-state index is 0. The first-order valence-electron chi connectivity index (χ1n) is 1.52. The van der Waals surface area contributed by atoms with Gasteiger partial charge in [0.2, 0.25) is 0 Å². The predicted octanol–water partition coefficient (Wildman–Crippen LogP) is 1.97. The molecule has 2 radical (unpaired) electrons. The van der Waals surface area contributed by atoms with Crippen LogP contribution in [0.25, 0.3) is 0 Å². The van der Waals surface area contributed by atoms with Gasteiger partial charge >= 0.3 is 0 Å². The van der Waals surface area contributed by atoms with Gasteiger partial charge in [-0.1, -0.05) is 6.92 Å². The molecule has 0 saturated heterocycles. The van der Waals surface area contributed by atoms with Gasteiger partial charge in [0.15, 0.2) is 0 Å². The Kier molecular flexibility index (Phi) is 16.2. The van der Waals surface area contributed by atoms with Crippen LogP contribution in [0.4, 0.5) is 0 Å². The van der Waals surface area contributed by atoms with E-state index in [9.17, 15) is 0 Å². The molecule has 0 aromatic heterocycles. The number of rotatable bonds is 1. The maximum absolute atomic E-state index is 3.92. The number of thiol groups is 1. The molecular weight excluding hydrogens is 100 g/mol. The van der Waals surface area contributed by atoms with Crippen molar-refractivity contribution in [2.45, 2.75) is 13.3 Å². The molecule has 0 amide bonds. The van der Waals surface area contributed by atoms with Crippen LogP contribution in [0.2, 0.25) is 0 Å². The normalized spacial score (nSPS) is 6.00. The van der Waals surface area contributed by atoms with Crippen molar-refractivity contribution < 1.29 is 0 Å². The highest BCUT2D eigenvalue weighted by Crippen LogP contribution is 1.74. The van der Waals surface area contributed by atoms with Gasteiger partial charge in [-0.2, -0.15) is 12.6 Å². The molecule has 0 rings (SSSR count). The van der Waals surface area contributed by atoms with E-state index in [-0.39, 0.29) is 13.5 Å². The third-order valence-electron chi connectivity index (χ3n) is 0.224. The molecule has 0 bridgehead atoms. The second kappa shape index (κ2) is 8.83. The summed E-state index contributed by atoms with van der Waals surface area (Å²) >= 11 is 3.92. The highest BCUT2D eigenvalue weighted by molar-refractivity contribution is 7.80. The van der Waals surface area contributed by atoms with Crippen LogP contribution in [-0.2, 0) is 0 Å². The van der Waals surface area contributed by atoms with E-state index in [4.69, 9.17) is 0 Å². The van der Waals surface area contributed by atoms with Gasteiger partial charge in [-0.15, -0.1) is 0 Å². The third-order valence-corrected chi connectivity index (χ3v) is 0.671. The zero-order valence-electron chi connectivity index (χ0n) is 3.27. The lowest BCUT2D eigenvalue weighted by Crippen LogP contribution is -1.56. The molecule has 0 atom stereocenters. The average molecular weight is 108 g/mol. The lowest BCUT2D eigenvalue weighted by atomic mass is 10.6. The SMILES string of the molecule is CCCS.[S]. The largest absolute Gasteiger partial charge is 0.179 e. The molecule has 2 heteroatoms. The molecule has 0 aliphatic rings. The smallest absolute Gasteiger partial charge is 0 e. The predicted molar refractivity (Wildman–Crippen MR) is 31.7 cm³/mol. The number of hydrogen-bond donors (Lipinski definition) is 1. The molecule has 0 aromatic carbocycles. The lowest BCUT2D eigenvalue weighted by Gasteiger charge is -1.67. The first-order valence-corrected chi connectivity index (χ1v) is 2.16. The Morgan fingerprint density at radius 2 is 1.80 bits per heavy atom. The van der Waals surface area contributed by atoms with Crippen molar-refractivity contribution in [2.75, 3.05) is 5.75 Å². The van der Waals surface area contributed by atoms with Crippen LogP contribution in [0.5, 0.6) is 0 Å². The van der Waals surface area contributed by atoms with Gasteiger partial charge in [0, 0.05) is 13.5 Å². The summed E-state index contributed by atoms with van der Waals surface area (Å²) in [6.07, 6.45) is 1.18. The van der Waals surface area contributed by atoms with Crippen LogP contribution < -0.4 is 0 Å². The molecule has 0 heterocycles. The molecule has 32 valence electrons. The van der Waals surface area contributed by atoms with Crippen LogP contribution in [0, 0.1) is 0 Å². The minimum Gasteiger partial charge on any atom is -0.179 e. The molecule has 0 unspecified atom stereocenters. The van der Waals surface area contributed by atoms with Crippen LogP contribution in [0.15, 0.2) is 0 Å². The van der Waals surface area contributed by atoms with E-state index in [1.165, 1.54) is 6.42 Å². The maximum Gasteiger partial charge on any atom is 0 e. The molecule has 0 N–H and O–H groups in total. The monoisotopic (exact) mass is 108 g/mol. The second-order valence-electron chi connectivity index (χ2n) is 0.724. The van der Waals surface area contributed by atoms with E-state index >= 15 is 0 Å². The fourth-order valence-electron chi connectivity index (χ4n) is 0. The Labute approximate surface area is 45.8 Å². The van der Waals surface area contributed by atoms with E-state index in [1.807, 2.05) is 0 Å². The van der Waals surface area contributed by atoms with Gasteiger partial charge < -0.3 is 0 Å². The average Bonchev–Trinajstić information content (AvgIpc) is 1.37. The van der Waals surface area contributed by atoms with Crippen molar-refractivity contribution >= 4 is 26.1 Å². The van der Waals surface area contributed by atoms with E-state index in [0.717, 1.165) is 5.75 Å². The first-order chi connectivity index (χ1) is 1.91. The topological polar surface area (TPSA) is 0 Å². The molecule has 0 nitrogen and oxygen atoms in total. The zero-order valence-corrected chi connectivity index (χ0v) is 4.98. The summed E-state index contributed by atoms with van der Waals surface area (Å²) in [5, 5.41) is 0. The fourth-order valence-corrected chi connectivity index (χ4v) is 0. The van der Waals surface area contributed by atoms with Gasteiger partial charge in [0.05, 0.1) is 0 Å². The third kappa shape index (κ3) is 11.9. The number of hydrogen-bond acceptors (Lipinski definition) is 1. The van der Waals surface area contributed by atoms with E-state index in [2.05, 4.69) is 19.6 Å². The summed E-state index contributed by atoms with van der Waals surface area (Å²) in [5.74, 6) is 1.01. The Bertz CT molecular complexity index is 6.85. The molecule has 5 heavy (non-hydrogen) atoms. The highest BCUT2D eigenvalue weighted by Gasteiger charge is 1.57. The van der Waals surface area contributed by atoms with Crippen molar-refractivity contribution in [3.8, 4) is 0 Å². The Hall–Kier alpha value is 0.700. The summed E-state index contributed by atoms with van der Waals surface area (Å²) in [5.41, 5.74) is 0. The standard InChI is InChI=1S/C3H8S.S/c1-2-3-4;/h4H,2-3H2,1H3;. The highest BCUT2D eigenvalue weighted by atomic mass is 32.1. The Morgan fingerprint density at radius 3 is 1.80 bits per heavy atom.